The third kappa shape index (κ3) is 7.56. The highest BCUT2D eigenvalue weighted by Gasteiger charge is 2.12. The first-order valence-corrected chi connectivity index (χ1v) is 6.94. The predicted molar refractivity (Wildman–Crippen MR) is 78.1 cm³/mol. The number of hydrogen-bond donors (Lipinski definition) is 1. The Morgan fingerprint density at radius 3 is 2.24 bits per heavy atom. The van der Waals surface area contributed by atoms with Crippen molar-refractivity contribution in [2.75, 3.05) is 20.8 Å². The SMILES string of the molecule is CCC[C@@H](C)C(C)=CC(NCN(C)C)C(C)C. The summed E-state index contributed by atoms with van der Waals surface area (Å²) in [6, 6.07) is 0.483. The minimum absolute atomic E-state index is 0.483. The van der Waals surface area contributed by atoms with Crippen LogP contribution < -0.4 is 5.32 Å². The molecule has 1 unspecified atom stereocenters. The van der Waals surface area contributed by atoms with E-state index in [0.717, 1.165) is 6.67 Å². The molecule has 0 bridgehead atoms. The van der Waals surface area contributed by atoms with Crippen molar-refractivity contribution in [3.8, 4) is 0 Å². The van der Waals surface area contributed by atoms with Gasteiger partial charge in [0.1, 0.15) is 0 Å². The quantitative estimate of drug-likeness (QED) is 0.516. The normalized spacial score (nSPS) is 16.6. The van der Waals surface area contributed by atoms with E-state index in [1.54, 1.807) is 0 Å². The Hall–Kier alpha value is -0.340. The van der Waals surface area contributed by atoms with E-state index in [1.165, 1.54) is 18.4 Å². The number of rotatable bonds is 8. The summed E-state index contributed by atoms with van der Waals surface area (Å²) in [6.07, 6.45) is 4.99. The van der Waals surface area contributed by atoms with Gasteiger partial charge in [-0.15, -0.1) is 0 Å². The van der Waals surface area contributed by atoms with Crippen LogP contribution in [0.4, 0.5) is 0 Å². The Morgan fingerprint density at radius 1 is 1.24 bits per heavy atom. The first-order valence-electron chi connectivity index (χ1n) is 6.94. The maximum Gasteiger partial charge on any atom is 0.0479 e. The van der Waals surface area contributed by atoms with Gasteiger partial charge in [0.25, 0.3) is 0 Å². The maximum absolute atomic E-state index is 3.60. The van der Waals surface area contributed by atoms with Crippen LogP contribution >= 0.6 is 0 Å². The van der Waals surface area contributed by atoms with Crippen molar-refractivity contribution < 1.29 is 0 Å². The molecule has 1 N–H and O–H groups in total. The third-order valence-electron chi connectivity index (χ3n) is 3.30. The summed E-state index contributed by atoms with van der Waals surface area (Å²) in [4.78, 5) is 2.17. The molecule has 102 valence electrons. The van der Waals surface area contributed by atoms with Crippen LogP contribution in [0.1, 0.15) is 47.5 Å². The van der Waals surface area contributed by atoms with Gasteiger partial charge in [0.2, 0.25) is 0 Å². The van der Waals surface area contributed by atoms with Crippen molar-refractivity contribution in [3.63, 3.8) is 0 Å². The summed E-state index contributed by atoms with van der Waals surface area (Å²) in [7, 11) is 4.20. The Bertz CT molecular complexity index is 219. The van der Waals surface area contributed by atoms with E-state index >= 15 is 0 Å². The monoisotopic (exact) mass is 240 g/mol. The van der Waals surface area contributed by atoms with Crippen molar-refractivity contribution in [2.24, 2.45) is 11.8 Å². The van der Waals surface area contributed by atoms with Gasteiger partial charge < -0.3 is 0 Å². The summed E-state index contributed by atoms with van der Waals surface area (Å²) in [5, 5.41) is 3.60. The lowest BCUT2D eigenvalue weighted by Crippen LogP contribution is -2.38. The van der Waals surface area contributed by atoms with Crippen LogP contribution in [0.15, 0.2) is 11.6 Å². The van der Waals surface area contributed by atoms with E-state index in [-0.39, 0.29) is 0 Å². The highest BCUT2D eigenvalue weighted by atomic mass is 15.2. The number of nitrogens with one attached hydrogen (secondary N) is 1. The average Bonchev–Trinajstić information content (AvgIpc) is 2.23. The fraction of sp³-hybridized carbons (Fsp3) is 0.867. The lowest BCUT2D eigenvalue weighted by atomic mass is 9.93. The van der Waals surface area contributed by atoms with Crippen LogP contribution in [0.3, 0.4) is 0 Å². The summed E-state index contributed by atoms with van der Waals surface area (Å²) in [5.74, 6) is 1.35. The number of hydrogen-bond acceptors (Lipinski definition) is 2. The molecule has 0 aromatic heterocycles. The fourth-order valence-corrected chi connectivity index (χ4v) is 1.88. The van der Waals surface area contributed by atoms with Crippen LogP contribution in [0.2, 0.25) is 0 Å². The van der Waals surface area contributed by atoms with Gasteiger partial charge in [-0.2, -0.15) is 0 Å². The second kappa shape index (κ2) is 8.71. The fourth-order valence-electron chi connectivity index (χ4n) is 1.88. The summed E-state index contributed by atoms with van der Waals surface area (Å²) in [5.41, 5.74) is 1.52. The highest BCUT2D eigenvalue weighted by Crippen LogP contribution is 2.18. The molecule has 2 nitrogen and oxygen atoms in total. The van der Waals surface area contributed by atoms with E-state index in [0.29, 0.717) is 17.9 Å². The lowest BCUT2D eigenvalue weighted by molar-refractivity contribution is 0.327. The van der Waals surface area contributed by atoms with Gasteiger partial charge >= 0.3 is 0 Å². The Labute approximate surface area is 108 Å². The summed E-state index contributed by atoms with van der Waals surface area (Å²) >= 11 is 0. The van der Waals surface area contributed by atoms with Gasteiger partial charge in [0, 0.05) is 12.7 Å². The van der Waals surface area contributed by atoms with Crippen LogP contribution in [0.5, 0.6) is 0 Å². The molecule has 17 heavy (non-hydrogen) atoms. The second-order valence-electron chi connectivity index (χ2n) is 5.81. The molecule has 0 radical (unpaired) electrons. The molecule has 0 saturated carbocycles. The van der Waals surface area contributed by atoms with E-state index in [2.05, 4.69) is 65.0 Å². The molecule has 0 saturated heterocycles. The Kier molecular flexibility index (Phi) is 8.53. The predicted octanol–water partition coefficient (Wildman–Crippen LogP) is 3.50. The first-order chi connectivity index (χ1) is 7.88. The number of nitrogens with zero attached hydrogens (tertiary/aromatic N) is 1. The zero-order valence-corrected chi connectivity index (χ0v) is 12.9. The lowest BCUT2D eigenvalue weighted by Gasteiger charge is -2.23. The van der Waals surface area contributed by atoms with Crippen molar-refractivity contribution in [1.82, 2.24) is 10.2 Å². The van der Waals surface area contributed by atoms with Crippen LogP contribution in [0.25, 0.3) is 0 Å². The van der Waals surface area contributed by atoms with Crippen molar-refractivity contribution in [1.29, 1.82) is 0 Å². The minimum Gasteiger partial charge on any atom is -0.298 e. The second-order valence-corrected chi connectivity index (χ2v) is 5.81. The van der Waals surface area contributed by atoms with E-state index < -0.39 is 0 Å². The van der Waals surface area contributed by atoms with Crippen molar-refractivity contribution >= 4 is 0 Å². The van der Waals surface area contributed by atoms with Crippen molar-refractivity contribution in [3.05, 3.63) is 11.6 Å². The molecule has 0 aliphatic carbocycles. The molecule has 0 amide bonds. The largest absolute Gasteiger partial charge is 0.298 e. The molecule has 0 heterocycles. The molecule has 2 atom stereocenters. The molecule has 0 aliphatic heterocycles. The zero-order chi connectivity index (χ0) is 13.4. The van der Waals surface area contributed by atoms with Crippen LogP contribution in [-0.4, -0.2) is 31.7 Å². The molecule has 0 rings (SSSR count). The summed E-state index contributed by atoms with van der Waals surface area (Å²) < 4.78 is 0. The Balaban J connectivity index is 4.44. The third-order valence-corrected chi connectivity index (χ3v) is 3.30. The molecule has 2 heteroatoms. The average molecular weight is 240 g/mol. The molecular formula is C15H32N2. The Morgan fingerprint density at radius 2 is 1.82 bits per heavy atom. The molecule has 0 fully saturated rings. The molecule has 0 aromatic rings. The van der Waals surface area contributed by atoms with Crippen LogP contribution in [0, 0.1) is 11.8 Å². The smallest absolute Gasteiger partial charge is 0.0479 e. The molecular weight excluding hydrogens is 208 g/mol. The minimum atomic E-state index is 0.483. The van der Waals surface area contributed by atoms with Gasteiger partial charge in [-0.3, -0.25) is 10.2 Å². The van der Waals surface area contributed by atoms with Gasteiger partial charge in [0.05, 0.1) is 0 Å². The van der Waals surface area contributed by atoms with Gasteiger partial charge in [0.15, 0.2) is 0 Å². The summed E-state index contributed by atoms with van der Waals surface area (Å²) in [6.45, 7) is 12.4. The molecule has 0 aromatic carbocycles. The maximum atomic E-state index is 3.60. The first kappa shape index (κ1) is 16.7. The van der Waals surface area contributed by atoms with Gasteiger partial charge in [-0.25, -0.2) is 0 Å². The standard InChI is InChI=1S/C15H32N2/c1-8-9-13(4)14(5)10-15(12(2)3)16-11-17(6)7/h10,12-13,15-16H,8-9,11H2,1-7H3/t13-,15?/m1/s1. The highest BCUT2D eigenvalue weighted by molar-refractivity contribution is 5.08. The van der Waals surface area contributed by atoms with E-state index in [9.17, 15) is 0 Å². The van der Waals surface area contributed by atoms with E-state index in [4.69, 9.17) is 0 Å². The number of allylic oxidation sites excluding steroid dienone is 1. The van der Waals surface area contributed by atoms with Gasteiger partial charge in [-0.05, 0) is 39.3 Å². The van der Waals surface area contributed by atoms with Gasteiger partial charge in [-0.1, -0.05) is 45.8 Å². The zero-order valence-electron chi connectivity index (χ0n) is 12.9. The topological polar surface area (TPSA) is 15.3 Å². The van der Waals surface area contributed by atoms with Crippen molar-refractivity contribution in [2.45, 2.75) is 53.5 Å². The van der Waals surface area contributed by atoms with Crippen LogP contribution in [-0.2, 0) is 0 Å². The molecule has 0 spiro atoms. The molecule has 0 aliphatic rings. The van der Waals surface area contributed by atoms with E-state index in [1.807, 2.05) is 0 Å².